The highest BCUT2D eigenvalue weighted by Gasteiger charge is 2.49. The maximum atomic E-state index is 12.2. The first-order valence-corrected chi connectivity index (χ1v) is 11.6. The van der Waals surface area contributed by atoms with Gasteiger partial charge in [0.25, 0.3) is 0 Å². The van der Waals surface area contributed by atoms with Gasteiger partial charge in [0, 0.05) is 13.3 Å². The maximum absolute atomic E-state index is 12.2. The van der Waals surface area contributed by atoms with E-state index in [2.05, 4.69) is 34.6 Å². The molecule has 0 aromatic rings. The molecule has 5 nitrogen and oxygen atoms in total. The Balaban J connectivity index is 1.89. The lowest BCUT2D eigenvalue weighted by Crippen LogP contribution is -2.45. The van der Waals surface area contributed by atoms with E-state index in [1.54, 1.807) is 11.1 Å². The SMILES string of the molecule is CC(=O)O[C@H](CO)COC(=O)C[C@H](C)CCC1=C(C)CCC2C(C)(C)CCC[C@@]12C. The Labute approximate surface area is 182 Å². The van der Waals surface area contributed by atoms with Crippen LogP contribution in [0, 0.1) is 22.7 Å². The van der Waals surface area contributed by atoms with E-state index < -0.39 is 12.1 Å². The van der Waals surface area contributed by atoms with Crippen molar-refractivity contribution < 1.29 is 24.2 Å². The zero-order chi connectivity index (χ0) is 22.5. The molecule has 0 bridgehead atoms. The van der Waals surface area contributed by atoms with Crippen LogP contribution in [0.4, 0.5) is 0 Å². The third-order valence-electron chi connectivity index (χ3n) is 7.61. The van der Waals surface area contributed by atoms with Gasteiger partial charge in [-0.15, -0.1) is 0 Å². The standard InChI is InChI=1S/C25H42O5/c1-17(14-23(28)29-16-20(15-26)30-19(3)27)8-10-21-18(2)9-11-22-24(4,5)12-7-13-25(21,22)6/h17,20,22,26H,7-16H2,1-6H3/t17-,20-,22?,25+/m1/s1. The topological polar surface area (TPSA) is 72.8 Å². The van der Waals surface area contributed by atoms with Crippen LogP contribution in [0.2, 0.25) is 0 Å². The van der Waals surface area contributed by atoms with Gasteiger partial charge in [0.05, 0.1) is 6.61 Å². The molecule has 1 N–H and O–H groups in total. The molecule has 0 radical (unpaired) electrons. The summed E-state index contributed by atoms with van der Waals surface area (Å²) < 4.78 is 10.1. The lowest BCUT2D eigenvalue weighted by atomic mass is 9.50. The predicted octanol–water partition coefficient (Wildman–Crippen LogP) is 5.20. The fourth-order valence-corrected chi connectivity index (χ4v) is 6.07. The number of esters is 2. The highest BCUT2D eigenvalue weighted by atomic mass is 16.6. The first kappa shape index (κ1) is 24.9. The van der Waals surface area contributed by atoms with Crippen LogP contribution in [-0.4, -0.2) is 36.4 Å². The third-order valence-corrected chi connectivity index (χ3v) is 7.61. The van der Waals surface area contributed by atoms with Crippen LogP contribution in [0.15, 0.2) is 11.1 Å². The first-order chi connectivity index (χ1) is 14.0. The molecule has 4 atom stereocenters. The Kier molecular flexibility index (Phi) is 8.55. The molecule has 0 spiro atoms. The predicted molar refractivity (Wildman–Crippen MR) is 118 cm³/mol. The van der Waals surface area contributed by atoms with Crippen molar-refractivity contribution in [1.82, 2.24) is 0 Å². The molecule has 2 aliphatic carbocycles. The van der Waals surface area contributed by atoms with Crippen LogP contribution in [0.3, 0.4) is 0 Å². The second kappa shape index (κ2) is 10.3. The Hall–Kier alpha value is -1.36. The van der Waals surface area contributed by atoms with Gasteiger partial charge < -0.3 is 14.6 Å². The van der Waals surface area contributed by atoms with Crippen molar-refractivity contribution in [3.63, 3.8) is 0 Å². The number of ether oxygens (including phenoxy) is 2. The van der Waals surface area contributed by atoms with Gasteiger partial charge in [-0.2, -0.15) is 0 Å². The summed E-state index contributed by atoms with van der Waals surface area (Å²) in [7, 11) is 0. The average Bonchev–Trinajstić information content (AvgIpc) is 2.63. The van der Waals surface area contributed by atoms with Crippen LogP contribution < -0.4 is 0 Å². The van der Waals surface area contributed by atoms with Gasteiger partial charge in [0.15, 0.2) is 6.10 Å². The summed E-state index contributed by atoms with van der Waals surface area (Å²) >= 11 is 0. The number of hydrogen-bond acceptors (Lipinski definition) is 5. The van der Waals surface area contributed by atoms with Crippen LogP contribution in [0.1, 0.15) is 92.9 Å². The zero-order valence-electron chi connectivity index (χ0n) is 19.9. The van der Waals surface area contributed by atoms with E-state index in [0.717, 1.165) is 18.8 Å². The van der Waals surface area contributed by atoms with Gasteiger partial charge in [-0.25, -0.2) is 0 Å². The van der Waals surface area contributed by atoms with Crippen molar-refractivity contribution in [2.75, 3.05) is 13.2 Å². The number of hydrogen-bond donors (Lipinski definition) is 1. The Morgan fingerprint density at radius 2 is 1.93 bits per heavy atom. The van der Waals surface area contributed by atoms with E-state index >= 15 is 0 Å². The molecule has 0 aliphatic heterocycles. The minimum absolute atomic E-state index is 0.0965. The smallest absolute Gasteiger partial charge is 0.306 e. The zero-order valence-corrected chi connectivity index (χ0v) is 19.9. The molecular weight excluding hydrogens is 380 g/mol. The average molecular weight is 423 g/mol. The van der Waals surface area contributed by atoms with Gasteiger partial charge in [-0.1, -0.05) is 45.3 Å². The summed E-state index contributed by atoms with van der Waals surface area (Å²) in [5.74, 6) is 0.173. The van der Waals surface area contributed by atoms with E-state index in [0.29, 0.717) is 17.3 Å². The van der Waals surface area contributed by atoms with Crippen LogP contribution in [-0.2, 0) is 19.1 Å². The van der Waals surface area contributed by atoms with Crippen molar-refractivity contribution in [3.05, 3.63) is 11.1 Å². The molecule has 0 aromatic heterocycles. The maximum Gasteiger partial charge on any atom is 0.306 e. The van der Waals surface area contributed by atoms with Crippen LogP contribution in [0.5, 0.6) is 0 Å². The number of allylic oxidation sites excluding steroid dienone is 2. The quantitative estimate of drug-likeness (QED) is 0.408. The summed E-state index contributed by atoms with van der Waals surface area (Å²) in [5.41, 5.74) is 3.90. The van der Waals surface area contributed by atoms with E-state index in [1.165, 1.54) is 39.0 Å². The first-order valence-electron chi connectivity index (χ1n) is 11.6. The van der Waals surface area contributed by atoms with E-state index in [-0.39, 0.29) is 25.1 Å². The van der Waals surface area contributed by atoms with Crippen molar-refractivity contribution >= 4 is 11.9 Å². The summed E-state index contributed by atoms with van der Waals surface area (Å²) in [4.78, 5) is 23.2. The minimum atomic E-state index is -0.789. The highest BCUT2D eigenvalue weighted by Crippen LogP contribution is 2.60. The molecule has 0 saturated heterocycles. The molecule has 1 fully saturated rings. The minimum Gasteiger partial charge on any atom is -0.462 e. The number of carbonyl (C=O) groups is 2. The second-order valence-corrected chi connectivity index (χ2v) is 10.6. The molecule has 1 unspecified atom stereocenters. The van der Waals surface area contributed by atoms with Crippen LogP contribution in [0.25, 0.3) is 0 Å². The molecule has 0 heterocycles. The highest BCUT2D eigenvalue weighted by molar-refractivity contribution is 5.69. The molecular formula is C25H42O5. The van der Waals surface area contributed by atoms with E-state index in [1.807, 2.05) is 0 Å². The van der Waals surface area contributed by atoms with Crippen molar-refractivity contribution in [1.29, 1.82) is 0 Å². The fourth-order valence-electron chi connectivity index (χ4n) is 6.07. The number of rotatable bonds is 9. The molecule has 0 amide bonds. The lowest BCUT2D eigenvalue weighted by Gasteiger charge is -2.55. The normalized spacial score (nSPS) is 27.8. The Morgan fingerprint density at radius 3 is 2.57 bits per heavy atom. The van der Waals surface area contributed by atoms with Gasteiger partial charge >= 0.3 is 11.9 Å². The number of carbonyl (C=O) groups excluding carboxylic acids is 2. The van der Waals surface area contributed by atoms with Gasteiger partial charge in [-0.3, -0.25) is 9.59 Å². The molecule has 1 saturated carbocycles. The van der Waals surface area contributed by atoms with Crippen LogP contribution >= 0.6 is 0 Å². The second-order valence-electron chi connectivity index (χ2n) is 10.6. The third kappa shape index (κ3) is 6.09. The fraction of sp³-hybridized carbons (Fsp3) is 0.840. The van der Waals surface area contributed by atoms with Gasteiger partial charge in [-0.05, 0) is 68.1 Å². The van der Waals surface area contributed by atoms with E-state index in [9.17, 15) is 14.7 Å². The van der Waals surface area contributed by atoms with Crippen molar-refractivity contribution in [2.24, 2.45) is 22.7 Å². The van der Waals surface area contributed by atoms with Gasteiger partial charge in [0.2, 0.25) is 0 Å². The Morgan fingerprint density at radius 1 is 1.23 bits per heavy atom. The molecule has 30 heavy (non-hydrogen) atoms. The largest absolute Gasteiger partial charge is 0.462 e. The molecule has 0 aromatic carbocycles. The number of fused-ring (bicyclic) bond motifs is 1. The molecule has 2 aliphatic rings. The molecule has 172 valence electrons. The Bertz CT molecular complexity index is 650. The summed E-state index contributed by atoms with van der Waals surface area (Å²) in [6.07, 6.45) is 7.98. The molecule has 5 heteroatoms. The number of aliphatic hydroxyl groups excluding tert-OH is 1. The van der Waals surface area contributed by atoms with E-state index in [4.69, 9.17) is 9.47 Å². The molecule has 2 rings (SSSR count). The van der Waals surface area contributed by atoms with Crippen molar-refractivity contribution in [3.8, 4) is 0 Å². The summed E-state index contributed by atoms with van der Waals surface area (Å²) in [5, 5.41) is 9.21. The lowest BCUT2D eigenvalue weighted by molar-refractivity contribution is -0.160. The van der Waals surface area contributed by atoms with Gasteiger partial charge in [0.1, 0.15) is 6.61 Å². The summed E-state index contributed by atoms with van der Waals surface area (Å²) in [6, 6.07) is 0. The monoisotopic (exact) mass is 422 g/mol. The number of aliphatic hydroxyl groups is 1. The van der Waals surface area contributed by atoms with Crippen molar-refractivity contribution in [2.45, 2.75) is 99.0 Å². The summed E-state index contributed by atoms with van der Waals surface area (Å²) in [6.45, 7) is 12.6.